The summed E-state index contributed by atoms with van der Waals surface area (Å²) >= 11 is 1.54. The van der Waals surface area contributed by atoms with E-state index in [0.29, 0.717) is 18.5 Å². The molecule has 5 rings (SSSR count). The molecule has 1 saturated heterocycles. The lowest BCUT2D eigenvalue weighted by atomic mass is 10.2. The summed E-state index contributed by atoms with van der Waals surface area (Å²) in [6, 6.07) is 15.1. The van der Waals surface area contributed by atoms with Gasteiger partial charge in [0, 0.05) is 72.8 Å². The Morgan fingerprint density at radius 3 is 2.85 bits per heavy atom. The summed E-state index contributed by atoms with van der Waals surface area (Å²) in [5, 5.41) is 7.85. The Labute approximate surface area is 198 Å². The number of rotatable bonds is 7. The Hall–Kier alpha value is -3.30. The minimum atomic E-state index is 0.507. The maximum absolute atomic E-state index is 4.80. The summed E-state index contributed by atoms with van der Waals surface area (Å²) in [6.07, 6.45) is 7.70. The van der Waals surface area contributed by atoms with Crippen molar-refractivity contribution in [2.75, 3.05) is 40.8 Å². The Balaban J connectivity index is 1.34. The number of hydrogen-bond acceptors (Lipinski definition) is 8. The minimum Gasteiger partial charge on any atom is -0.369 e. The third kappa shape index (κ3) is 4.89. The molecule has 0 saturated carbocycles. The zero-order chi connectivity index (χ0) is 22.6. The molecule has 0 spiro atoms. The first-order valence-corrected chi connectivity index (χ1v) is 12.3. The summed E-state index contributed by atoms with van der Waals surface area (Å²) < 4.78 is 5.38. The van der Waals surface area contributed by atoms with E-state index in [-0.39, 0.29) is 0 Å². The van der Waals surface area contributed by atoms with Crippen LogP contribution in [0.5, 0.6) is 0 Å². The molecule has 0 radical (unpaired) electrons. The van der Waals surface area contributed by atoms with Crippen LogP contribution >= 0.6 is 11.9 Å². The molecular weight excluding hydrogens is 432 g/mol. The Morgan fingerprint density at radius 2 is 2.03 bits per heavy atom. The molecule has 1 aliphatic heterocycles. The number of nitrogens with one attached hydrogen (secondary N) is 3. The van der Waals surface area contributed by atoms with Crippen molar-refractivity contribution in [3.63, 3.8) is 0 Å². The van der Waals surface area contributed by atoms with Gasteiger partial charge >= 0.3 is 0 Å². The lowest BCUT2D eigenvalue weighted by Gasteiger charge is -2.33. The summed E-state index contributed by atoms with van der Waals surface area (Å²) in [4.78, 5) is 16.2. The van der Waals surface area contributed by atoms with Crippen molar-refractivity contribution in [2.45, 2.75) is 19.5 Å². The Morgan fingerprint density at radius 1 is 1.15 bits per heavy atom. The van der Waals surface area contributed by atoms with Gasteiger partial charge in [-0.15, -0.1) is 0 Å². The van der Waals surface area contributed by atoms with Gasteiger partial charge in [0.1, 0.15) is 11.5 Å². The normalized spacial score (nSPS) is 16.2. The largest absolute Gasteiger partial charge is 0.369 e. The van der Waals surface area contributed by atoms with E-state index in [0.717, 1.165) is 47.7 Å². The number of piperazine rings is 1. The third-order valence-corrected chi connectivity index (χ3v) is 6.19. The third-order valence-electron chi connectivity index (χ3n) is 5.79. The molecule has 3 N–H and O–H groups in total. The Bertz CT molecular complexity index is 1220. The van der Waals surface area contributed by atoms with Crippen LogP contribution in [0.3, 0.4) is 0 Å². The first-order chi connectivity index (χ1) is 16.2. The van der Waals surface area contributed by atoms with Crippen LogP contribution in [0.4, 0.5) is 23.1 Å². The molecular formula is C24H28N8S. The van der Waals surface area contributed by atoms with Crippen LogP contribution in [0.2, 0.25) is 0 Å². The van der Waals surface area contributed by atoms with Crippen LogP contribution in [0.1, 0.15) is 12.5 Å². The van der Waals surface area contributed by atoms with E-state index in [4.69, 9.17) is 4.98 Å². The molecule has 33 heavy (non-hydrogen) atoms. The predicted molar refractivity (Wildman–Crippen MR) is 137 cm³/mol. The fourth-order valence-corrected chi connectivity index (χ4v) is 4.53. The number of aromatic nitrogens is 4. The number of benzene rings is 1. The molecule has 1 unspecified atom stereocenters. The van der Waals surface area contributed by atoms with Crippen molar-refractivity contribution in [1.29, 1.82) is 0 Å². The highest BCUT2D eigenvalue weighted by atomic mass is 32.2. The predicted octanol–water partition coefficient (Wildman–Crippen LogP) is 4.11. The van der Waals surface area contributed by atoms with E-state index in [2.05, 4.69) is 72.0 Å². The maximum atomic E-state index is 4.80. The second-order valence-corrected chi connectivity index (χ2v) is 8.82. The van der Waals surface area contributed by atoms with E-state index in [1.807, 2.05) is 30.8 Å². The van der Waals surface area contributed by atoms with Crippen LogP contribution in [-0.2, 0) is 6.54 Å². The average molecular weight is 461 g/mol. The van der Waals surface area contributed by atoms with E-state index >= 15 is 0 Å². The molecule has 4 aromatic rings. The lowest BCUT2D eigenvalue weighted by molar-refractivity contribution is 0.485. The summed E-state index contributed by atoms with van der Waals surface area (Å²) in [6.45, 7) is 5.96. The fourth-order valence-electron chi connectivity index (χ4n) is 4.15. The van der Waals surface area contributed by atoms with Crippen molar-refractivity contribution in [1.82, 2.24) is 24.8 Å². The van der Waals surface area contributed by atoms with Crippen molar-refractivity contribution in [3.05, 3.63) is 66.6 Å². The summed E-state index contributed by atoms with van der Waals surface area (Å²) in [7, 11) is 0. The topological polar surface area (TPSA) is 82.9 Å². The van der Waals surface area contributed by atoms with Crippen molar-refractivity contribution >= 4 is 46.1 Å². The smallest absolute Gasteiger partial charge is 0.229 e. The molecule has 1 aromatic carbocycles. The summed E-state index contributed by atoms with van der Waals surface area (Å²) in [5.41, 5.74) is 4.21. The highest BCUT2D eigenvalue weighted by Gasteiger charge is 2.16. The van der Waals surface area contributed by atoms with E-state index in [1.165, 1.54) is 17.6 Å². The van der Waals surface area contributed by atoms with E-state index in [1.54, 1.807) is 6.20 Å². The zero-order valence-corrected chi connectivity index (χ0v) is 19.6. The van der Waals surface area contributed by atoms with Crippen LogP contribution in [-0.4, -0.2) is 51.5 Å². The molecule has 1 fully saturated rings. The van der Waals surface area contributed by atoms with Gasteiger partial charge in [-0.2, -0.15) is 4.98 Å². The SMILES string of the molecule is CSNc1ncccc1Cn1ccc2cnc(Nc3ccc(N4CCNC(C)C4)cc3)nc21. The van der Waals surface area contributed by atoms with Crippen molar-refractivity contribution in [2.24, 2.45) is 0 Å². The van der Waals surface area contributed by atoms with E-state index < -0.39 is 0 Å². The van der Waals surface area contributed by atoms with Crippen molar-refractivity contribution < 1.29 is 0 Å². The Kier molecular flexibility index (Phi) is 6.32. The quantitative estimate of drug-likeness (QED) is 0.356. The molecule has 4 heterocycles. The van der Waals surface area contributed by atoms with Gasteiger partial charge in [0.25, 0.3) is 0 Å². The molecule has 1 atom stereocenters. The van der Waals surface area contributed by atoms with Gasteiger partial charge in [0.2, 0.25) is 5.95 Å². The number of hydrogen-bond donors (Lipinski definition) is 3. The first kappa shape index (κ1) is 21.5. The molecule has 3 aromatic heterocycles. The highest BCUT2D eigenvalue weighted by molar-refractivity contribution is 7.99. The van der Waals surface area contributed by atoms with Gasteiger partial charge in [-0.3, -0.25) is 0 Å². The number of nitrogens with zero attached hydrogens (tertiary/aromatic N) is 5. The van der Waals surface area contributed by atoms with Gasteiger partial charge < -0.3 is 24.8 Å². The molecule has 0 aliphatic carbocycles. The number of pyridine rings is 1. The van der Waals surface area contributed by atoms with Gasteiger partial charge in [0.15, 0.2) is 0 Å². The number of anilines is 4. The van der Waals surface area contributed by atoms with Gasteiger partial charge in [-0.05, 0) is 43.3 Å². The van der Waals surface area contributed by atoms with Gasteiger partial charge in [0.05, 0.1) is 6.54 Å². The standard InChI is InChI=1S/C24H28N8S/c1-17-15-31(13-11-25-17)21-7-5-20(6-8-21)28-24-27-14-18-9-12-32(23(18)29-24)16-19-4-3-10-26-22(19)30-33-2/h3-10,12,14,17,25H,11,13,15-16H2,1-2H3,(H,26,30)(H,27,28,29). The van der Waals surface area contributed by atoms with Crippen LogP contribution in [0.25, 0.3) is 11.0 Å². The molecule has 8 nitrogen and oxygen atoms in total. The highest BCUT2D eigenvalue weighted by Crippen LogP contribution is 2.23. The monoisotopic (exact) mass is 460 g/mol. The van der Waals surface area contributed by atoms with Crippen LogP contribution < -0.4 is 20.3 Å². The number of fused-ring (bicyclic) bond motifs is 1. The second kappa shape index (κ2) is 9.68. The van der Waals surface area contributed by atoms with Crippen LogP contribution in [0.15, 0.2) is 61.1 Å². The molecule has 0 amide bonds. The lowest BCUT2D eigenvalue weighted by Crippen LogP contribution is -2.49. The summed E-state index contributed by atoms with van der Waals surface area (Å²) in [5.74, 6) is 1.46. The molecule has 9 heteroatoms. The van der Waals surface area contributed by atoms with Crippen molar-refractivity contribution in [3.8, 4) is 0 Å². The zero-order valence-electron chi connectivity index (χ0n) is 18.8. The fraction of sp³-hybridized carbons (Fsp3) is 0.292. The average Bonchev–Trinajstić information content (AvgIpc) is 3.23. The minimum absolute atomic E-state index is 0.507. The molecule has 170 valence electrons. The molecule has 1 aliphatic rings. The van der Waals surface area contributed by atoms with Crippen LogP contribution in [0, 0.1) is 0 Å². The van der Waals surface area contributed by atoms with E-state index in [9.17, 15) is 0 Å². The first-order valence-electron chi connectivity index (χ1n) is 11.1. The molecule has 0 bridgehead atoms. The second-order valence-electron chi connectivity index (χ2n) is 8.21. The maximum Gasteiger partial charge on any atom is 0.229 e. The van der Waals surface area contributed by atoms with Gasteiger partial charge in [-0.25, -0.2) is 9.97 Å². The van der Waals surface area contributed by atoms with Gasteiger partial charge in [-0.1, -0.05) is 18.0 Å².